The predicted octanol–water partition coefficient (Wildman–Crippen LogP) is 2.67. The van der Waals surface area contributed by atoms with E-state index >= 15 is 0 Å². The summed E-state index contributed by atoms with van der Waals surface area (Å²) < 4.78 is 0. The van der Waals surface area contributed by atoms with Gasteiger partial charge in [-0.05, 0) is 30.2 Å². The van der Waals surface area contributed by atoms with E-state index in [1.807, 2.05) is 36.4 Å². The first-order valence-electron chi connectivity index (χ1n) is 7.57. The number of hydrogen-bond donors (Lipinski definition) is 2. The van der Waals surface area contributed by atoms with Gasteiger partial charge in [0.2, 0.25) is 5.91 Å². The standard InChI is InChI=1S/C18H19ClN2O2/c19-16-13(5-4-8-15(16)22)11-21-10-9-18(12-21,17(20)23)14-6-2-1-3-7-14/h1-8,22H,9-12H2,(H2,20,23). The zero-order valence-electron chi connectivity index (χ0n) is 12.7. The zero-order valence-corrected chi connectivity index (χ0v) is 13.5. The van der Waals surface area contributed by atoms with E-state index in [0.717, 1.165) is 17.7 Å². The number of halogens is 1. The number of primary amides is 1. The molecule has 1 aliphatic heterocycles. The Kier molecular flexibility index (Phi) is 4.28. The van der Waals surface area contributed by atoms with Gasteiger partial charge in [0.05, 0.1) is 10.4 Å². The van der Waals surface area contributed by atoms with Gasteiger partial charge < -0.3 is 10.8 Å². The lowest BCUT2D eigenvalue weighted by Gasteiger charge is -2.26. The molecule has 2 aromatic rings. The molecular formula is C18H19ClN2O2. The highest BCUT2D eigenvalue weighted by Crippen LogP contribution is 2.36. The van der Waals surface area contributed by atoms with Gasteiger partial charge in [-0.15, -0.1) is 0 Å². The van der Waals surface area contributed by atoms with Gasteiger partial charge >= 0.3 is 0 Å². The van der Waals surface area contributed by atoms with E-state index in [-0.39, 0.29) is 11.7 Å². The molecule has 3 rings (SSSR count). The smallest absolute Gasteiger partial charge is 0.229 e. The Bertz CT molecular complexity index is 720. The van der Waals surface area contributed by atoms with E-state index < -0.39 is 5.41 Å². The first-order chi connectivity index (χ1) is 11.0. The summed E-state index contributed by atoms with van der Waals surface area (Å²) in [7, 11) is 0. The van der Waals surface area contributed by atoms with Crippen molar-refractivity contribution in [1.29, 1.82) is 0 Å². The molecule has 1 heterocycles. The molecule has 1 fully saturated rings. The molecule has 120 valence electrons. The topological polar surface area (TPSA) is 66.6 Å². The van der Waals surface area contributed by atoms with Crippen molar-refractivity contribution < 1.29 is 9.90 Å². The molecule has 1 atom stereocenters. The lowest BCUT2D eigenvalue weighted by molar-refractivity contribution is -0.123. The summed E-state index contributed by atoms with van der Waals surface area (Å²) >= 11 is 6.15. The molecule has 23 heavy (non-hydrogen) atoms. The third-order valence-corrected chi connectivity index (χ3v) is 5.03. The van der Waals surface area contributed by atoms with Gasteiger partial charge in [0.15, 0.2) is 0 Å². The summed E-state index contributed by atoms with van der Waals surface area (Å²) in [5.41, 5.74) is 6.88. The van der Waals surface area contributed by atoms with Gasteiger partial charge in [0.1, 0.15) is 5.75 Å². The summed E-state index contributed by atoms with van der Waals surface area (Å²) in [6, 6.07) is 14.9. The van der Waals surface area contributed by atoms with Gasteiger partial charge in [-0.25, -0.2) is 0 Å². The van der Waals surface area contributed by atoms with Crippen LogP contribution < -0.4 is 5.73 Å². The minimum Gasteiger partial charge on any atom is -0.506 e. The monoisotopic (exact) mass is 330 g/mol. The van der Waals surface area contributed by atoms with Crippen LogP contribution >= 0.6 is 11.6 Å². The Morgan fingerprint density at radius 2 is 1.96 bits per heavy atom. The highest BCUT2D eigenvalue weighted by atomic mass is 35.5. The van der Waals surface area contributed by atoms with E-state index in [1.165, 1.54) is 0 Å². The molecule has 2 aromatic carbocycles. The Balaban J connectivity index is 1.84. The SMILES string of the molecule is NC(=O)C1(c2ccccc2)CCN(Cc2cccc(O)c2Cl)C1. The molecule has 0 aromatic heterocycles. The Labute approximate surface area is 140 Å². The number of hydrogen-bond acceptors (Lipinski definition) is 3. The van der Waals surface area contributed by atoms with Crippen molar-refractivity contribution in [1.82, 2.24) is 4.90 Å². The van der Waals surface area contributed by atoms with Crippen molar-refractivity contribution in [2.24, 2.45) is 5.73 Å². The summed E-state index contributed by atoms with van der Waals surface area (Å²) in [5, 5.41) is 10.1. The fourth-order valence-corrected chi connectivity index (χ4v) is 3.47. The van der Waals surface area contributed by atoms with Crippen LogP contribution in [0.1, 0.15) is 17.5 Å². The molecule has 0 bridgehead atoms. The van der Waals surface area contributed by atoms with Gasteiger partial charge in [-0.3, -0.25) is 9.69 Å². The number of carbonyl (C=O) groups excluding carboxylic acids is 1. The van der Waals surface area contributed by atoms with E-state index in [4.69, 9.17) is 17.3 Å². The normalized spacial score (nSPS) is 21.4. The number of nitrogens with two attached hydrogens (primary N) is 1. The number of amides is 1. The third kappa shape index (κ3) is 2.92. The molecule has 0 spiro atoms. The van der Waals surface area contributed by atoms with Crippen molar-refractivity contribution in [3.8, 4) is 5.75 Å². The van der Waals surface area contributed by atoms with Crippen LogP contribution in [-0.4, -0.2) is 29.0 Å². The molecule has 1 unspecified atom stereocenters. The maximum absolute atomic E-state index is 12.2. The van der Waals surface area contributed by atoms with Crippen LogP contribution in [0.4, 0.5) is 0 Å². The van der Waals surface area contributed by atoms with Gasteiger partial charge in [-0.2, -0.15) is 0 Å². The number of rotatable bonds is 4. The molecule has 1 amide bonds. The Morgan fingerprint density at radius 3 is 2.65 bits per heavy atom. The number of carbonyl (C=O) groups is 1. The molecule has 4 nitrogen and oxygen atoms in total. The summed E-state index contributed by atoms with van der Waals surface area (Å²) in [5.74, 6) is -0.221. The second kappa shape index (κ2) is 6.22. The van der Waals surface area contributed by atoms with Crippen LogP contribution in [0.3, 0.4) is 0 Å². The molecule has 5 heteroatoms. The van der Waals surface area contributed by atoms with Crippen molar-refractivity contribution in [3.05, 3.63) is 64.7 Å². The fourth-order valence-electron chi connectivity index (χ4n) is 3.29. The second-order valence-corrected chi connectivity index (χ2v) is 6.40. The largest absolute Gasteiger partial charge is 0.506 e. The highest BCUT2D eigenvalue weighted by molar-refractivity contribution is 6.32. The van der Waals surface area contributed by atoms with E-state index in [0.29, 0.717) is 24.5 Å². The minimum absolute atomic E-state index is 0.0765. The summed E-state index contributed by atoms with van der Waals surface area (Å²) in [6.07, 6.45) is 0.683. The lowest BCUT2D eigenvalue weighted by atomic mass is 9.79. The molecular weight excluding hydrogens is 312 g/mol. The molecule has 3 N–H and O–H groups in total. The molecule has 1 aliphatic rings. The molecule has 0 saturated carbocycles. The van der Waals surface area contributed by atoms with Crippen LogP contribution in [0.2, 0.25) is 5.02 Å². The van der Waals surface area contributed by atoms with Crippen LogP contribution in [0.5, 0.6) is 5.75 Å². The van der Waals surface area contributed by atoms with E-state index in [9.17, 15) is 9.90 Å². The van der Waals surface area contributed by atoms with Crippen LogP contribution in [0, 0.1) is 0 Å². The first kappa shape index (κ1) is 15.8. The number of aromatic hydroxyl groups is 1. The Hall–Kier alpha value is -2.04. The number of likely N-dealkylation sites (tertiary alicyclic amines) is 1. The number of phenols is 1. The van der Waals surface area contributed by atoms with Gasteiger partial charge in [0.25, 0.3) is 0 Å². The van der Waals surface area contributed by atoms with Gasteiger partial charge in [0, 0.05) is 13.1 Å². The summed E-state index contributed by atoms with van der Waals surface area (Å²) in [4.78, 5) is 14.3. The van der Waals surface area contributed by atoms with E-state index in [1.54, 1.807) is 12.1 Å². The quantitative estimate of drug-likeness (QED) is 0.905. The average Bonchev–Trinajstić information content (AvgIpc) is 2.98. The maximum atomic E-state index is 12.2. The predicted molar refractivity (Wildman–Crippen MR) is 90.3 cm³/mol. The van der Waals surface area contributed by atoms with Crippen molar-refractivity contribution in [3.63, 3.8) is 0 Å². The van der Waals surface area contributed by atoms with Crippen molar-refractivity contribution in [2.75, 3.05) is 13.1 Å². The minimum atomic E-state index is -0.662. The maximum Gasteiger partial charge on any atom is 0.229 e. The van der Waals surface area contributed by atoms with Crippen LogP contribution in [0.25, 0.3) is 0 Å². The zero-order chi connectivity index (χ0) is 16.4. The van der Waals surface area contributed by atoms with E-state index in [2.05, 4.69) is 4.90 Å². The number of nitrogens with zero attached hydrogens (tertiary/aromatic N) is 1. The molecule has 0 radical (unpaired) electrons. The fraction of sp³-hybridized carbons (Fsp3) is 0.278. The van der Waals surface area contributed by atoms with Crippen molar-refractivity contribution in [2.45, 2.75) is 18.4 Å². The Morgan fingerprint density at radius 1 is 1.22 bits per heavy atom. The second-order valence-electron chi connectivity index (χ2n) is 6.02. The first-order valence-corrected chi connectivity index (χ1v) is 7.95. The third-order valence-electron chi connectivity index (χ3n) is 4.60. The van der Waals surface area contributed by atoms with Crippen LogP contribution in [-0.2, 0) is 16.8 Å². The molecule has 0 aliphatic carbocycles. The average molecular weight is 331 g/mol. The summed E-state index contributed by atoms with van der Waals surface area (Å²) in [6.45, 7) is 1.89. The van der Waals surface area contributed by atoms with Crippen LogP contribution in [0.15, 0.2) is 48.5 Å². The number of phenolic OH excluding ortho intramolecular Hbond substituents is 1. The van der Waals surface area contributed by atoms with Gasteiger partial charge in [-0.1, -0.05) is 54.1 Å². The highest BCUT2D eigenvalue weighted by Gasteiger charge is 2.44. The number of benzene rings is 2. The van der Waals surface area contributed by atoms with Crippen molar-refractivity contribution >= 4 is 17.5 Å². The molecule has 1 saturated heterocycles. The lowest BCUT2D eigenvalue weighted by Crippen LogP contribution is -2.43.